The summed E-state index contributed by atoms with van der Waals surface area (Å²) in [6.07, 6.45) is 2.69. The fourth-order valence-electron chi connectivity index (χ4n) is 1.99. The van der Waals surface area contributed by atoms with Crippen molar-refractivity contribution in [2.45, 2.75) is 31.8 Å². The second-order valence-electron chi connectivity index (χ2n) is 4.41. The van der Waals surface area contributed by atoms with Gasteiger partial charge in [-0.1, -0.05) is 18.2 Å². The van der Waals surface area contributed by atoms with E-state index in [9.17, 15) is 0 Å². The zero-order chi connectivity index (χ0) is 10.8. The first-order valence-corrected chi connectivity index (χ1v) is 5.73. The van der Waals surface area contributed by atoms with Gasteiger partial charge < -0.3 is 10.2 Å². The van der Waals surface area contributed by atoms with Crippen LogP contribution < -0.4 is 10.2 Å². The van der Waals surface area contributed by atoms with Gasteiger partial charge in [-0.3, -0.25) is 0 Å². The number of hydrogen-bond donors (Lipinski definition) is 1. The molecule has 0 heterocycles. The third kappa shape index (κ3) is 2.15. The third-order valence-corrected chi connectivity index (χ3v) is 3.31. The maximum Gasteiger partial charge on any atom is 0.0414 e. The Morgan fingerprint density at radius 3 is 2.60 bits per heavy atom. The maximum absolute atomic E-state index is 3.31. The number of rotatable bonds is 4. The van der Waals surface area contributed by atoms with Crippen LogP contribution >= 0.6 is 0 Å². The number of anilines is 1. The molecular weight excluding hydrogens is 184 g/mol. The van der Waals surface area contributed by atoms with Crippen LogP contribution in [0.1, 0.15) is 31.4 Å². The molecule has 2 heteroatoms. The quantitative estimate of drug-likeness (QED) is 0.811. The molecule has 15 heavy (non-hydrogen) atoms. The van der Waals surface area contributed by atoms with Gasteiger partial charge in [-0.2, -0.15) is 0 Å². The van der Waals surface area contributed by atoms with E-state index < -0.39 is 0 Å². The van der Waals surface area contributed by atoms with Crippen LogP contribution in [0.15, 0.2) is 24.3 Å². The smallest absolute Gasteiger partial charge is 0.0414 e. The minimum absolute atomic E-state index is 0.419. The minimum Gasteiger partial charge on any atom is -0.371 e. The van der Waals surface area contributed by atoms with Crippen LogP contribution in [-0.2, 0) is 0 Å². The summed E-state index contributed by atoms with van der Waals surface area (Å²) in [6, 6.07) is 9.88. The molecule has 1 atom stereocenters. The molecular formula is C13H20N2. The van der Waals surface area contributed by atoms with Crippen LogP contribution in [0.25, 0.3) is 0 Å². The molecule has 0 bridgehead atoms. The first-order valence-electron chi connectivity index (χ1n) is 5.73. The van der Waals surface area contributed by atoms with E-state index >= 15 is 0 Å². The van der Waals surface area contributed by atoms with E-state index in [2.05, 4.69) is 48.5 Å². The van der Waals surface area contributed by atoms with E-state index in [1.54, 1.807) is 0 Å². The van der Waals surface area contributed by atoms with Crippen molar-refractivity contribution >= 4 is 5.69 Å². The Labute approximate surface area is 92.3 Å². The average molecular weight is 204 g/mol. The second-order valence-corrected chi connectivity index (χ2v) is 4.41. The molecule has 1 N–H and O–H groups in total. The molecule has 0 spiro atoms. The largest absolute Gasteiger partial charge is 0.371 e. The lowest BCUT2D eigenvalue weighted by molar-refractivity contribution is 0.649. The highest BCUT2D eigenvalue weighted by Crippen LogP contribution is 2.33. The van der Waals surface area contributed by atoms with Crippen LogP contribution in [-0.4, -0.2) is 20.1 Å². The summed E-state index contributed by atoms with van der Waals surface area (Å²) in [5.74, 6) is 0. The first kappa shape index (κ1) is 10.5. The molecule has 1 aliphatic carbocycles. The molecule has 0 radical (unpaired) electrons. The molecule has 2 nitrogen and oxygen atoms in total. The Kier molecular flexibility index (Phi) is 2.96. The van der Waals surface area contributed by atoms with Crippen molar-refractivity contribution in [3.05, 3.63) is 29.8 Å². The molecule has 0 aliphatic heterocycles. The van der Waals surface area contributed by atoms with E-state index in [-0.39, 0.29) is 0 Å². The number of hydrogen-bond acceptors (Lipinski definition) is 2. The third-order valence-electron chi connectivity index (χ3n) is 3.31. The first-order chi connectivity index (χ1) is 7.24. The number of para-hydroxylation sites is 1. The molecule has 1 saturated carbocycles. The van der Waals surface area contributed by atoms with E-state index in [1.165, 1.54) is 24.1 Å². The number of nitrogens with one attached hydrogen (secondary N) is 1. The zero-order valence-corrected chi connectivity index (χ0v) is 9.83. The van der Waals surface area contributed by atoms with Gasteiger partial charge in [0, 0.05) is 24.8 Å². The van der Waals surface area contributed by atoms with Gasteiger partial charge in [0.15, 0.2) is 0 Å². The van der Waals surface area contributed by atoms with Crippen molar-refractivity contribution in [3.63, 3.8) is 0 Å². The van der Waals surface area contributed by atoms with E-state index in [0.717, 1.165) is 6.04 Å². The van der Waals surface area contributed by atoms with Gasteiger partial charge in [-0.15, -0.1) is 0 Å². The van der Waals surface area contributed by atoms with Crippen LogP contribution in [0.4, 0.5) is 5.69 Å². The minimum atomic E-state index is 0.419. The van der Waals surface area contributed by atoms with E-state index in [1.807, 2.05) is 7.05 Å². The second kappa shape index (κ2) is 4.23. The summed E-state index contributed by atoms with van der Waals surface area (Å²) in [5, 5.41) is 3.31. The van der Waals surface area contributed by atoms with Gasteiger partial charge in [0.1, 0.15) is 0 Å². The summed E-state index contributed by atoms with van der Waals surface area (Å²) in [7, 11) is 4.22. The monoisotopic (exact) mass is 204 g/mol. The Bertz CT molecular complexity index is 331. The van der Waals surface area contributed by atoms with Crippen molar-refractivity contribution in [1.82, 2.24) is 5.32 Å². The van der Waals surface area contributed by atoms with Crippen molar-refractivity contribution in [2.75, 3.05) is 19.0 Å². The summed E-state index contributed by atoms with van der Waals surface area (Å²) in [5.41, 5.74) is 2.77. The molecule has 1 aromatic carbocycles. The fraction of sp³-hybridized carbons (Fsp3) is 0.538. The fourth-order valence-corrected chi connectivity index (χ4v) is 1.99. The Morgan fingerprint density at radius 2 is 2.00 bits per heavy atom. The van der Waals surface area contributed by atoms with Crippen LogP contribution in [0.3, 0.4) is 0 Å². The standard InChI is InChI=1S/C13H20N2/c1-10(14-2)12-6-4-5-7-13(12)15(3)11-8-9-11/h4-7,10-11,14H,8-9H2,1-3H3. The van der Waals surface area contributed by atoms with Crippen LogP contribution in [0.2, 0.25) is 0 Å². The summed E-state index contributed by atoms with van der Waals surface area (Å²) in [4.78, 5) is 2.42. The van der Waals surface area contributed by atoms with Gasteiger partial charge >= 0.3 is 0 Å². The highest BCUT2D eigenvalue weighted by atomic mass is 15.2. The summed E-state index contributed by atoms with van der Waals surface area (Å²) >= 11 is 0. The van der Waals surface area contributed by atoms with Gasteiger partial charge in [0.05, 0.1) is 0 Å². The summed E-state index contributed by atoms with van der Waals surface area (Å²) < 4.78 is 0. The number of nitrogens with zero attached hydrogens (tertiary/aromatic N) is 1. The van der Waals surface area contributed by atoms with Crippen molar-refractivity contribution in [1.29, 1.82) is 0 Å². The van der Waals surface area contributed by atoms with Crippen LogP contribution in [0, 0.1) is 0 Å². The highest BCUT2D eigenvalue weighted by molar-refractivity contribution is 5.55. The van der Waals surface area contributed by atoms with Gasteiger partial charge in [0.2, 0.25) is 0 Å². The van der Waals surface area contributed by atoms with Gasteiger partial charge in [0.25, 0.3) is 0 Å². The molecule has 1 unspecified atom stereocenters. The van der Waals surface area contributed by atoms with Gasteiger partial charge in [-0.05, 0) is 38.4 Å². The molecule has 1 fully saturated rings. The van der Waals surface area contributed by atoms with Crippen molar-refractivity contribution in [2.24, 2.45) is 0 Å². The molecule has 2 rings (SSSR count). The molecule has 0 amide bonds. The van der Waals surface area contributed by atoms with E-state index in [0.29, 0.717) is 6.04 Å². The van der Waals surface area contributed by atoms with Crippen molar-refractivity contribution < 1.29 is 0 Å². The summed E-state index contributed by atoms with van der Waals surface area (Å²) in [6.45, 7) is 2.21. The molecule has 1 aromatic rings. The predicted octanol–water partition coefficient (Wildman–Crippen LogP) is 2.57. The lowest BCUT2D eigenvalue weighted by atomic mass is 10.1. The van der Waals surface area contributed by atoms with Crippen molar-refractivity contribution in [3.8, 4) is 0 Å². The van der Waals surface area contributed by atoms with Gasteiger partial charge in [-0.25, -0.2) is 0 Å². The molecule has 1 aliphatic rings. The SMILES string of the molecule is CNC(C)c1ccccc1N(C)C1CC1. The molecule has 0 aromatic heterocycles. The normalized spacial score (nSPS) is 17.5. The van der Waals surface area contributed by atoms with E-state index in [4.69, 9.17) is 0 Å². The van der Waals surface area contributed by atoms with Crippen LogP contribution in [0.5, 0.6) is 0 Å². The zero-order valence-electron chi connectivity index (χ0n) is 9.83. The highest BCUT2D eigenvalue weighted by Gasteiger charge is 2.27. The molecule has 82 valence electrons. The number of benzene rings is 1. The average Bonchev–Trinajstić information content (AvgIpc) is 3.11. The Morgan fingerprint density at radius 1 is 1.33 bits per heavy atom. The maximum atomic E-state index is 3.31. The Hall–Kier alpha value is -1.02. The molecule has 0 saturated heterocycles. The Balaban J connectivity index is 2.27. The lowest BCUT2D eigenvalue weighted by Gasteiger charge is -2.24. The topological polar surface area (TPSA) is 15.3 Å². The lowest BCUT2D eigenvalue weighted by Crippen LogP contribution is -2.23. The predicted molar refractivity (Wildman–Crippen MR) is 65.3 cm³/mol.